The molecule has 2 aliphatic rings. The minimum atomic E-state index is 0.342. The fourth-order valence-electron chi connectivity index (χ4n) is 2.84. The molecule has 0 radical (unpaired) electrons. The van der Waals surface area contributed by atoms with Crippen molar-refractivity contribution in [3.63, 3.8) is 0 Å². The van der Waals surface area contributed by atoms with Gasteiger partial charge in [0.05, 0.1) is 0 Å². The van der Waals surface area contributed by atoms with Crippen molar-refractivity contribution in [3.05, 3.63) is 0 Å². The minimum absolute atomic E-state index is 0.342. The monoisotopic (exact) mass is 224 g/mol. The van der Waals surface area contributed by atoms with Crippen LogP contribution in [-0.2, 0) is 4.79 Å². The van der Waals surface area contributed by atoms with Crippen molar-refractivity contribution in [1.82, 2.24) is 9.80 Å². The zero-order chi connectivity index (χ0) is 11.2. The lowest BCUT2D eigenvalue weighted by atomic mass is 9.98. The molecule has 0 spiro atoms. The molecular formula is C13H24N2O. The molecule has 0 unspecified atom stereocenters. The predicted molar refractivity (Wildman–Crippen MR) is 65.5 cm³/mol. The molecule has 2 fully saturated rings. The van der Waals surface area contributed by atoms with Crippen LogP contribution in [0.1, 0.15) is 32.1 Å². The van der Waals surface area contributed by atoms with Gasteiger partial charge < -0.3 is 14.6 Å². The third-order valence-electron chi connectivity index (χ3n) is 3.97. The second-order valence-corrected chi connectivity index (χ2v) is 5.22. The maximum Gasteiger partial charge on any atom is 0.123 e. The predicted octanol–water partition coefficient (Wildman–Crippen LogP) is 1.38. The number of aldehydes is 1. The van der Waals surface area contributed by atoms with Gasteiger partial charge in [-0.2, -0.15) is 0 Å². The van der Waals surface area contributed by atoms with E-state index in [2.05, 4.69) is 9.80 Å². The lowest BCUT2D eigenvalue weighted by Gasteiger charge is -2.30. The van der Waals surface area contributed by atoms with Crippen LogP contribution < -0.4 is 0 Å². The average Bonchev–Trinajstić information content (AvgIpc) is 2.83. The Morgan fingerprint density at radius 2 is 1.50 bits per heavy atom. The van der Waals surface area contributed by atoms with E-state index in [-0.39, 0.29) is 0 Å². The smallest absolute Gasteiger partial charge is 0.123 e. The topological polar surface area (TPSA) is 23.6 Å². The average molecular weight is 224 g/mol. The summed E-state index contributed by atoms with van der Waals surface area (Å²) in [5, 5.41) is 0. The van der Waals surface area contributed by atoms with Crippen LogP contribution in [0.15, 0.2) is 0 Å². The largest absolute Gasteiger partial charge is 0.303 e. The van der Waals surface area contributed by atoms with E-state index in [0.717, 1.165) is 32.2 Å². The molecule has 2 saturated heterocycles. The van der Waals surface area contributed by atoms with Crippen molar-refractivity contribution >= 4 is 6.29 Å². The molecule has 0 N–H and O–H groups in total. The summed E-state index contributed by atoms with van der Waals surface area (Å²) in [6.45, 7) is 7.38. The summed E-state index contributed by atoms with van der Waals surface area (Å²) in [5.41, 5.74) is 0. The highest BCUT2D eigenvalue weighted by Crippen LogP contribution is 2.15. The number of hydrogen-bond donors (Lipinski definition) is 0. The highest BCUT2D eigenvalue weighted by Gasteiger charge is 2.18. The van der Waals surface area contributed by atoms with E-state index < -0.39 is 0 Å². The Labute approximate surface area is 98.8 Å². The molecule has 0 bridgehead atoms. The van der Waals surface area contributed by atoms with Gasteiger partial charge in [-0.25, -0.2) is 0 Å². The Morgan fingerprint density at radius 1 is 0.938 bits per heavy atom. The molecule has 0 aromatic heterocycles. The maximum absolute atomic E-state index is 10.6. The van der Waals surface area contributed by atoms with Gasteiger partial charge in [0.25, 0.3) is 0 Å². The van der Waals surface area contributed by atoms with Gasteiger partial charge in [0.15, 0.2) is 0 Å². The molecule has 2 heterocycles. The molecule has 0 aliphatic carbocycles. The van der Waals surface area contributed by atoms with Crippen LogP contribution in [0.5, 0.6) is 0 Å². The van der Waals surface area contributed by atoms with Gasteiger partial charge in [-0.3, -0.25) is 0 Å². The Morgan fingerprint density at radius 3 is 2.06 bits per heavy atom. The molecular weight excluding hydrogens is 200 g/mol. The summed E-state index contributed by atoms with van der Waals surface area (Å²) in [4.78, 5) is 15.7. The molecule has 0 saturated carbocycles. The molecule has 92 valence electrons. The van der Waals surface area contributed by atoms with Gasteiger partial charge in [-0.05, 0) is 71.4 Å². The Hall–Kier alpha value is -0.410. The summed E-state index contributed by atoms with van der Waals surface area (Å²) in [5.74, 6) is 0.342. The number of carbonyl (C=O) groups is 1. The quantitative estimate of drug-likeness (QED) is 0.659. The van der Waals surface area contributed by atoms with Gasteiger partial charge >= 0.3 is 0 Å². The summed E-state index contributed by atoms with van der Waals surface area (Å²) in [6, 6.07) is 0. The van der Waals surface area contributed by atoms with Crippen LogP contribution in [0.4, 0.5) is 0 Å². The molecule has 0 aromatic rings. The Bertz CT molecular complexity index is 206. The molecule has 3 heteroatoms. The highest BCUT2D eigenvalue weighted by atomic mass is 16.1. The van der Waals surface area contributed by atoms with Crippen LogP contribution in [0.2, 0.25) is 0 Å². The van der Waals surface area contributed by atoms with Crippen LogP contribution in [0.3, 0.4) is 0 Å². The van der Waals surface area contributed by atoms with E-state index in [1.165, 1.54) is 45.4 Å². The lowest BCUT2D eigenvalue weighted by molar-refractivity contribution is -0.112. The van der Waals surface area contributed by atoms with E-state index in [4.69, 9.17) is 0 Å². The van der Waals surface area contributed by atoms with Crippen molar-refractivity contribution in [2.45, 2.75) is 32.1 Å². The van der Waals surface area contributed by atoms with Gasteiger partial charge in [-0.1, -0.05) is 0 Å². The molecule has 0 atom stereocenters. The molecule has 2 rings (SSSR count). The van der Waals surface area contributed by atoms with Crippen molar-refractivity contribution in [2.75, 3.05) is 39.3 Å². The standard InChI is InChI=1S/C13H24N2O/c16-12-13-4-10-15(11-5-13)9-3-8-14-6-1-2-7-14/h12-13H,1-11H2. The molecule has 0 amide bonds. The van der Waals surface area contributed by atoms with Crippen LogP contribution in [0, 0.1) is 5.92 Å². The van der Waals surface area contributed by atoms with Gasteiger partial charge in [-0.15, -0.1) is 0 Å². The molecule has 16 heavy (non-hydrogen) atoms. The third kappa shape index (κ3) is 3.56. The third-order valence-corrected chi connectivity index (χ3v) is 3.97. The molecule has 3 nitrogen and oxygen atoms in total. The number of rotatable bonds is 5. The molecule has 0 aromatic carbocycles. The second kappa shape index (κ2) is 6.36. The molecule has 2 aliphatic heterocycles. The zero-order valence-corrected chi connectivity index (χ0v) is 10.2. The van der Waals surface area contributed by atoms with Crippen molar-refractivity contribution < 1.29 is 4.79 Å². The summed E-state index contributed by atoms with van der Waals surface area (Å²) in [6.07, 6.45) is 7.38. The first-order chi connectivity index (χ1) is 7.88. The highest BCUT2D eigenvalue weighted by molar-refractivity contribution is 5.53. The number of piperidine rings is 1. The zero-order valence-electron chi connectivity index (χ0n) is 10.2. The van der Waals surface area contributed by atoms with Crippen LogP contribution in [0.25, 0.3) is 0 Å². The number of likely N-dealkylation sites (tertiary alicyclic amines) is 2. The normalized spacial score (nSPS) is 25.0. The van der Waals surface area contributed by atoms with Gasteiger partial charge in [0, 0.05) is 5.92 Å². The van der Waals surface area contributed by atoms with Crippen LogP contribution >= 0.6 is 0 Å². The summed E-state index contributed by atoms with van der Waals surface area (Å²) < 4.78 is 0. The lowest BCUT2D eigenvalue weighted by Crippen LogP contribution is -2.36. The SMILES string of the molecule is O=CC1CCN(CCCN2CCCC2)CC1. The number of hydrogen-bond acceptors (Lipinski definition) is 3. The van der Waals surface area contributed by atoms with Crippen molar-refractivity contribution in [2.24, 2.45) is 5.92 Å². The van der Waals surface area contributed by atoms with E-state index in [0.29, 0.717) is 5.92 Å². The van der Waals surface area contributed by atoms with E-state index in [1.54, 1.807) is 0 Å². The summed E-state index contributed by atoms with van der Waals surface area (Å²) >= 11 is 0. The second-order valence-electron chi connectivity index (χ2n) is 5.22. The minimum Gasteiger partial charge on any atom is -0.303 e. The van der Waals surface area contributed by atoms with Crippen LogP contribution in [-0.4, -0.2) is 55.4 Å². The number of carbonyl (C=O) groups excluding carboxylic acids is 1. The van der Waals surface area contributed by atoms with E-state index in [9.17, 15) is 4.79 Å². The fraction of sp³-hybridized carbons (Fsp3) is 0.923. The van der Waals surface area contributed by atoms with Crippen molar-refractivity contribution in [1.29, 1.82) is 0 Å². The van der Waals surface area contributed by atoms with Crippen molar-refractivity contribution in [3.8, 4) is 0 Å². The Balaban J connectivity index is 1.54. The first-order valence-electron chi connectivity index (χ1n) is 6.78. The fourth-order valence-corrected chi connectivity index (χ4v) is 2.84. The first kappa shape index (κ1) is 12.1. The van der Waals surface area contributed by atoms with Gasteiger partial charge in [0.2, 0.25) is 0 Å². The van der Waals surface area contributed by atoms with E-state index in [1.807, 2.05) is 0 Å². The Kier molecular flexibility index (Phi) is 4.79. The maximum atomic E-state index is 10.6. The van der Waals surface area contributed by atoms with Gasteiger partial charge in [0.1, 0.15) is 6.29 Å². The summed E-state index contributed by atoms with van der Waals surface area (Å²) in [7, 11) is 0. The number of nitrogens with zero attached hydrogens (tertiary/aromatic N) is 2. The first-order valence-corrected chi connectivity index (χ1v) is 6.78. The van der Waals surface area contributed by atoms with E-state index >= 15 is 0 Å².